The van der Waals surface area contributed by atoms with Gasteiger partial charge in [-0.2, -0.15) is 5.10 Å². The van der Waals surface area contributed by atoms with E-state index < -0.39 is 0 Å². The van der Waals surface area contributed by atoms with Gasteiger partial charge in [0.25, 0.3) is 0 Å². The van der Waals surface area contributed by atoms with Crippen molar-refractivity contribution in [3.05, 3.63) is 65.7 Å². The number of benzene rings is 2. The van der Waals surface area contributed by atoms with E-state index >= 15 is 0 Å². The van der Waals surface area contributed by atoms with Crippen LogP contribution in [0.4, 0.5) is 10.1 Å². The Bertz CT molecular complexity index is 719. The van der Waals surface area contributed by atoms with E-state index in [1.807, 2.05) is 24.3 Å². The van der Waals surface area contributed by atoms with E-state index in [9.17, 15) is 4.39 Å². The molecule has 100 valence electrons. The second-order valence-corrected chi connectivity index (χ2v) is 4.50. The SMILES string of the molecule is Nc1ccc(Cc2nc(-c3ccccc3F)n[nH]2)cc1. The molecule has 1 heterocycles. The van der Waals surface area contributed by atoms with E-state index in [0.717, 1.165) is 11.3 Å². The van der Waals surface area contributed by atoms with Crippen molar-refractivity contribution in [2.75, 3.05) is 5.73 Å². The van der Waals surface area contributed by atoms with E-state index in [1.165, 1.54) is 6.07 Å². The minimum Gasteiger partial charge on any atom is -0.399 e. The van der Waals surface area contributed by atoms with E-state index in [0.29, 0.717) is 23.6 Å². The van der Waals surface area contributed by atoms with E-state index in [-0.39, 0.29) is 5.82 Å². The largest absolute Gasteiger partial charge is 0.399 e. The first-order chi connectivity index (χ1) is 9.72. The van der Waals surface area contributed by atoms with Crippen LogP contribution in [0.3, 0.4) is 0 Å². The quantitative estimate of drug-likeness (QED) is 0.718. The highest BCUT2D eigenvalue weighted by atomic mass is 19.1. The maximum Gasteiger partial charge on any atom is 0.184 e. The number of rotatable bonds is 3. The molecular formula is C15H13FN4. The van der Waals surface area contributed by atoms with Gasteiger partial charge in [-0.1, -0.05) is 24.3 Å². The molecule has 0 aliphatic rings. The summed E-state index contributed by atoms with van der Waals surface area (Å²) >= 11 is 0. The molecule has 5 heteroatoms. The third-order valence-electron chi connectivity index (χ3n) is 3.00. The minimum atomic E-state index is -0.328. The van der Waals surface area contributed by atoms with Crippen LogP contribution >= 0.6 is 0 Å². The summed E-state index contributed by atoms with van der Waals surface area (Å²) in [5.41, 5.74) is 7.82. The van der Waals surface area contributed by atoms with Gasteiger partial charge >= 0.3 is 0 Å². The average Bonchev–Trinajstić information content (AvgIpc) is 2.90. The van der Waals surface area contributed by atoms with Gasteiger partial charge in [-0.15, -0.1) is 0 Å². The lowest BCUT2D eigenvalue weighted by Gasteiger charge is -1.98. The summed E-state index contributed by atoms with van der Waals surface area (Å²) in [7, 11) is 0. The summed E-state index contributed by atoms with van der Waals surface area (Å²) in [4.78, 5) is 4.32. The zero-order chi connectivity index (χ0) is 13.9. The lowest BCUT2D eigenvalue weighted by Crippen LogP contribution is -1.92. The minimum absolute atomic E-state index is 0.328. The number of H-pyrrole nitrogens is 1. The monoisotopic (exact) mass is 268 g/mol. The molecule has 3 aromatic rings. The number of nitrogens with two attached hydrogens (primary N) is 1. The molecule has 0 aliphatic heterocycles. The molecule has 0 saturated heterocycles. The first-order valence-corrected chi connectivity index (χ1v) is 6.23. The number of anilines is 1. The van der Waals surface area contributed by atoms with Crippen LogP contribution in [-0.4, -0.2) is 15.2 Å². The molecule has 3 N–H and O–H groups in total. The van der Waals surface area contributed by atoms with Crippen LogP contribution in [-0.2, 0) is 6.42 Å². The summed E-state index contributed by atoms with van der Waals surface area (Å²) in [6.45, 7) is 0. The van der Waals surface area contributed by atoms with Crippen molar-refractivity contribution >= 4 is 5.69 Å². The van der Waals surface area contributed by atoms with Crippen molar-refractivity contribution in [1.29, 1.82) is 0 Å². The number of nitrogen functional groups attached to an aromatic ring is 1. The molecular weight excluding hydrogens is 255 g/mol. The lowest BCUT2D eigenvalue weighted by atomic mass is 10.1. The van der Waals surface area contributed by atoms with Gasteiger partial charge in [-0.3, -0.25) is 5.10 Å². The zero-order valence-corrected chi connectivity index (χ0v) is 10.7. The maximum absolute atomic E-state index is 13.6. The second kappa shape index (κ2) is 5.13. The lowest BCUT2D eigenvalue weighted by molar-refractivity contribution is 0.630. The van der Waals surface area contributed by atoms with Crippen LogP contribution in [0.25, 0.3) is 11.4 Å². The van der Waals surface area contributed by atoms with Crippen LogP contribution in [0.1, 0.15) is 11.4 Å². The highest BCUT2D eigenvalue weighted by molar-refractivity contribution is 5.55. The predicted molar refractivity (Wildman–Crippen MR) is 75.4 cm³/mol. The number of hydrogen-bond acceptors (Lipinski definition) is 3. The Morgan fingerprint density at radius 3 is 2.55 bits per heavy atom. The molecule has 4 nitrogen and oxygen atoms in total. The molecule has 20 heavy (non-hydrogen) atoms. The van der Waals surface area contributed by atoms with Gasteiger partial charge in [-0.05, 0) is 29.8 Å². The van der Waals surface area contributed by atoms with Crippen LogP contribution in [0.5, 0.6) is 0 Å². The molecule has 2 aromatic carbocycles. The molecule has 1 aromatic heterocycles. The fraction of sp³-hybridized carbons (Fsp3) is 0.0667. The van der Waals surface area contributed by atoms with Gasteiger partial charge in [0.1, 0.15) is 11.6 Å². The van der Waals surface area contributed by atoms with Crippen molar-refractivity contribution in [1.82, 2.24) is 15.2 Å². The molecule has 0 saturated carbocycles. The molecule has 0 aliphatic carbocycles. The Morgan fingerprint density at radius 2 is 1.80 bits per heavy atom. The molecule has 3 rings (SSSR count). The number of aromatic nitrogens is 3. The van der Waals surface area contributed by atoms with E-state index in [1.54, 1.807) is 18.2 Å². The Labute approximate surface area is 115 Å². The molecule has 0 spiro atoms. The van der Waals surface area contributed by atoms with Gasteiger partial charge in [-0.25, -0.2) is 9.37 Å². The summed E-state index contributed by atoms with van der Waals surface area (Å²) in [6.07, 6.45) is 0.599. The summed E-state index contributed by atoms with van der Waals surface area (Å²) in [6, 6.07) is 14.0. The number of nitrogens with zero attached hydrogens (tertiary/aromatic N) is 2. The third-order valence-corrected chi connectivity index (χ3v) is 3.00. The molecule has 0 radical (unpaired) electrons. The maximum atomic E-state index is 13.6. The third kappa shape index (κ3) is 2.51. The first-order valence-electron chi connectivity index (χ1n) is 6.23. The van der Waals surface area contributed by atoms with Crippen molar-refractivity contribution in [2.24, 2.45) is 0 Å². The van der Waals surface area contributed by atoms with Crippen LogP contribution in [0.15, 0.2) is 48.5 Å². The van der Waals surface area contributed by atoms with Crippen LogP contribution in [0.2, 0.25) is 0 Å². The molecule has 0 fully saturated rings. The second-order valence-electron chi connectivity index (χ2n) is 4.50. The van der Waals surface area contributed by atoms with Gasteiger partial charge in [0, 0.05) is 12.1 Å². The molecule has 0 bridgehead atoms. The topological polar surface area (TPSA) is 67.6 Å². The van der Waals surface area contributed by atoms with Gasteiger partial charge in [0.2, 0.25) is 0 Å². The fourth-order valence-electron chi connectivity index (χ4n) is 1.97. The Balaban J connectivity index is 1.84. The smallest absolute Gasteiger partial charge is 0.184 e. The Hall–Kier alpha value is -2.69. The summed E-state index contributed by atoms with van der Waals surface area (Å²) in [5.74, 6) is 0.729. The van der Waals surface area contributed by atoms with Crippen molar-refractivity contribution < 1.29 is 4.39 Å². The molecule has 0 atom stereocenters. The Morgan fingerprint density at radius 1 is 1.05 bits per heavy atom. The fourth-order valence-corrected chi connectivity index (χ4v) is 1.97. The Kier molecular flexibility index (Phi) is 3.16. The number of halogens is 1. The standard InChI is InChI=1S/C15H13FN4/c16-13-4-2-1-3-12(13)15-18-14(19-20-15)9-10-5-7-11(17)8-6-10/h1-8H,9,17H2,(H,18,19,20). The van der Waals surface area contributed by atoms with Crippen molar-refractivity contribution in [3.63, 3.8) is 0 Å². The van der Waals surface area contributed by atoms with E-state index in [2.05, 4.69) is 15.2 Å². The van der Waals surface area contributed by atoms with Crippen LogP contribution in [0, 0.1) is 5.82 Å². The first kappa shape index (κ1) is 12.3. The number of nitrogens with one attached hydrogen (secondary N) is 1. The highest BCUT2D eigenvalue weighted by Gasteiger charge is 2.10. The summed E-state index contributed by atoms with van der Waals surface area (Å²) < 4.78 is 13.6. The highest BCUT2D eigenvalue weighted by Crippen LogP contribution is 2.19. The van der Waals surface area contributed by atoms with Gasteiger partial charge in [0.15, 0.2) is 5.82 Å². The average molecular weight is 268 g/mol. The summed E-state index contributed by atoms with van der Waals surface area (Å²) in [5, 5.41) is 6.90. The van der Waals surface area contributed by atoms with Crippen molar-refractivity contribution in [2.45, 2.75) is 6.42 Å². The van der Waals surface area contributed by atoms with Crippen LogP contribution < -0.4 is 5.73 Å². The number of aromatic amines is 1. The molecule has 0 unspecified atom stereocenters. The number of hydrogen-bond donors (Lipinski definition) is 2. The normalized spacial score (nSPS) is 10.7. The van der Waals surface area contributed by atoms with Gasteiger partial charge in [0.05, 0.1) is 5.56 Å². The van der Waals surface area contributed by atoms with Crippen molar-refractivity contribution in [3.8, 4) is 11.4 Å². The molecule has 0 amide bonds. The van der Waals surface area contributed by atoms with Gasteiger partial charge < -0.3 is 5.73 Å². The predicted octanol–water partition coefficient (Wildman–Crippen LogP) is 2.78. The zero-order valence-electron chi connectivity index (χ0n) is 10.7. The van der Waals surface area contributed by atoms with E-state index in [4.69, 9.17) is 5.73 Å².